The number of sulfonamides is 1. The SMILES string of the molecule is [3H]NCC1(F)CCN(S(=O)(=O)c2ccc(C)c(Cl)c2)CC1. The number of nitrogens with two attached hydrogens (primary N) is 1. The quantitative estimate of drug-likeness (QED) is 0.923. The molecule has 0 aromatic heterocycles. The van der Waals surface area contributed by atoms with Gasteiger partial charge in [-0.25, -0.2) is 12.8 Å². The number of aryl methyl sites for hydroxylation is 1. The van der Waals surface area contributed by atoms with Gasteiger partial charge in [-0.3, -0.25) is 0 Å². The Kier molecular flexibility index (Phi) is 3.99. The molecule has 20 heavy (non-hydrogen) atoms. The first-order chi connectivity index (χ1) is 9.78. The molecular formula is C13H18ClFN2O2S. The van der Waals surface area contributed by atoms with Crippen LogP contribution in [0.1, 0.15) is 18.4 Å². The lowest BCUT2D eigenvalue weighted by Crippen LogP contribution is -2.47. The minimum absolute atomic E-state index is 0.0811. The molecule has 0 amide bonds. The highest BCUT2D eigenvalue weighted by Gasteiger charge is 2.37. The number of halogens is 2. The molecule has 0 bridgehead atoms. The van der Waals surface area contributed by atoms with E-state index in [0.29, 0.717) is 5.02 Å². The Balaban J connectivity index is 2.16. The van der Waals surface area contributed by atoms with E-state index in [2.05, 4.69) is 5.73 Å². The van der Waals surface area contributed by atoms with Crippen molar-refractivity contribution in [2.45, 2.75) is 30.3 Å². The fraction of sp³-hybridized carbons (Fsp3) is 0.538. The predicted molar refractivity (Wildman–Crippen MR) is 77.1 cm³/mol. The van der Waals surface area contributed by atoms with Crippen LogP contribution in [-0.2, 0) is 10.0 Å². The molecule has 0 unspecified atom stereocenters. The standard InChI is InChI=1S/C13H18ClFN2O2S/c1-10-2-3-11(8-12(10)14)20(18,19)17-6-4-13(15,9-16)5-7-17/h2-3,8H,4-7,9,16H2,1H3/i/hT. The van der Waals surface area contributed by atoms with E-state index in [0.717, 1.165) is 5.56 Å². The minimum Gasteiger partial charge on any atom is -0.328 e. The second-order valence-corrected chi connectivity index (χ2v) is 7.49. The van der Waals surface area contributed by atoms with Gasteiger partial charge in [0.25, 0.3) is 0 Å². The van der Waals surface area contributed by atoms with Crippen LogP contribution in [0.3, 0.4) is 0 Å². The van der Waals surface area contributed by atoms with Crippen molar-refractivity contribution in [2.75, 3.05) is 19.6 Å². The Hall–Kier alpha value is -0.690. The number of alkyl halides is 1. The van der Waals surface area contributed by atoms with Crippen molar-refractivity contribution in [1.82, 2.24) is 4.31 Å². The summed E-state index contributed by atoms with van der Waals surface area (Å²) in [6.07, 6.45) is 0.162. The summed E-state index contributed by atoms with van der Waals surface area (Å²) in [5.41, 5.74) is 1.36. The molecule has 0 radical (unpaired) electrons. The first kappa shape index (κ1) is 14.3. The lowest BCUT2D eigenvalue weighted by molar-refractivity contribution is 0.0973. The molecular weight excluding hydrogens is 303 g/mol. The predicted octanol–water partition coefficient (Wildman–Crippen LogP) is 2.10. The number of rotatable bonds is 4. The summed E-state index contributed by atoms with van der Waals surface area (Å²) in [7, 11) is -3.65. The zero-order chi connectivity index (χ0) is 15.7. The van der Waals surface area contributed by atoms with E-state index in [1.54, 1.807) is 13.0 Å². The molecule has 112 valence electrons. The van der Waals surface area contributed by atoms with Gasteiger partial charge in [0.15, 0.2) is 0 Å². The first-order valence-electron chi connectivity index (χ1n) is 6.88. The smallest absolute Gasteiger partial charge is 0.243 e. The molecule has 1 heterocycles. The van der Waals surface area contributed by atoms with Gasteiger partial charge in [-0.05, 0) is 37.5 Å². The van der Waals surface area contributed by atoms with E-state index in [1.165, 1.54) is 16.4 Å². The van der Waals surface area contributed by atoms with Gasteiger partial charge in [-0.1, -0.05) is 17.7 Å². The molecule has 0 saturated carbocycles. The van der Waals surface area contributed by atoms with E-state index in [9.17, 15) is 12.8 Å². The summed E-state index contributed by atoms with van der Waals surface area (Å²) in [4.78, 5) is 0.128. The molecule has 4 nitrogen and oxygen atoms in total. The lowest BCUT2D eigenvalue weighted by atomic mass is 9.95. The van der Waals surface area contributed by atoms with Crippen LogP contribution in [0.15, 0.2) is 23.1 Å². The number of hydrogen-bond donors (Lipinski definition) is 1. The summed E-state index contributed by atoms with van der Waals surface area (Å²) >= 11 is 5.97. The zero-order valence-corrected chi connectivity index (χ0v) is 12.8. The van der Waals surface area contributed by atoms with Gasteiger partial charge in [0.2, 0.25) is 10.0 Å². The maximum atomic E-state index is 14.2. The topological polar surface area (TPSA) is 63.4 Å². The normalized spacial score (nSPS) is 20.6. The van der Waals surface area contributed by atoms with Crippen molar-refractivity contribution in [3.63, 3.8) is 0 Å². The first-order valence-corrected chi connectivity index (χ1v) is 8.20. The van der Waals surface area contributed by atoms with Gasteiger partial charge in [-0.15, -0.1) is 0 Å². The van der Waals surface area contributed by atoms with Crippen LogP contribution in [0.5, 0.6) is 0 Å². The zero-order valence-electron chi connectivity index (χ0n) is 12.2. The summed E-state index contributed by atoms with van der Waals surface area (Å²) in [6, 6.07) is 4.59. The van der Waals surface area contributed by atoms with Gasteiger partial charge in [0.05, 0.1) is 4.90 Å². The third-order valence-corrected chi connectivity index (χ3v) is 6.02. The fourth-order valence-corrected chi connectivity index (χ4v) is 3.90. The Bertz CT molecular complexity index is 619. The van der Waals surface area contributed by atoms with Gasteiger partial charge >= 0.3 is 0 Å². The number of hydrogen-bond acceptors (Lipinski definition) is 3. The van der Waals surface area contributed by atoms with Crippen molar-refractivity contribution in [2.24, 2.45) is 5.73 Å². The maximum absolute atomic E-state index is 14.2. The van der Waals surface area contributed by atoms with Crippen molar-refractivity contribution in [3.8, 4) is 0 Å². The average molecular weight is 323 g/mol. The number of piperidine rings is 1. The molecule has 0 spiro atoms. The van der Waals surface area contributed by atoms with Crippen LogP contribution < -0.4 is 5.73 Å². The Morgan fingerprint density at radius 3 is 2.70 bits per heavy atom. The van der Waals surface area contributed by atoms with Crippen LogP contribution in [0.2, 0.25) is 6.43 Å². The van der Waals surface area contributed by atoms with Crippen molar-refractivity contribution in [3.05, 3.63) is 28.8 Å². The van der Waals surface area contributed by atoms with Crippen LogP contribution in [0, 0.1) is 6.92 Å². The van der Waals surface area contributed by atoms with Crippen LogP contribution >= 0.6 is 11.6 Å². The molecule has 2 N–H and O–H groups in total. The summed E-state index contributed by atoms with van der Waals surface area (Å²) in [6.45, 7) is 1.92. The molecule has 1 aromatic rings. The lowest BCUT2D eigenvalue weighted by Gasteiger charge is -2.34. The van der Waals surface area contributed by atoms with E-state index >= 15 is 0 Å². The summed E-state index contributed by atoms with van der Waals surface area (Å²) < 4.78 is 47.4. The van der Waals surface area contributed by atoms with Gasteiger partial charge < -0.3 is 5.73 Å². The number of benzene rings is 1. The minimum atomic E-state index is -3.65. The third-order valence-electron chi connectivity index (χ3n) is 3.72. The van der Waals surface area contributed by atoms with E-state index in [4.69, 9.17) is 13.0 Å². The van der Waals surface area contributed by atoms with E-state index in [1.807, 2.05) is 0 Å². The van der Waals surface area contributed by atoms with Crippen molar-refractivity contribution in [1.29, 1.82) is 0 Å². The van der Waals surface area contributed by atoms with Gasteiger partial charge in [0.1, 0.15) is 7.08 Å². The highest BCUT2D eigenvalue weighted by Crippen LogP contribution is 2.30. The second-order valence-electron chi connectivity index (χ2n) is 5.14. The molecule has 7 heteroatoms. The van der Waals surface area contributed by atoms with E-state index in [-0.39, 0.29) is 37.4 Å². The summed E-state index contributed by atoms with van der Waals surface area (Å²) in [5.74, 6) is 0. The average Bonchev–Trinajstić information content (AvgIpc) is 2.42. The molecule has 1 aliphatic heterocycles. The van der Waals surface area contributed by atoms with Gasteiger partial charge in [0, 0.05) is 24.7 Å². The van der Waals surface area contributed by atoms with Crippen LogP contribution in [0.25, 0.3) is 0 Å². The van der Waals surface area contributed by atoms with Crippen molar-refractivity contribution < 1.29 is 14.2 Å². The molecule has 1 fully saturated rings. The molecule has 0 aliphatic carbocycles. The Morgan fingerprint density at radius 2 is 2.15 bits per heavy atom. The Morgan fingerprint density at radius 1 is 1.50 bits per heavy atom. The summed E-state index contributed by atoms with van der Waals surface area (Å²) in [5, 5.41) is 0.395. The maximum Gasteiger partial charge on any atom is 0.243 e. The van der Waals surface area contributed by atoms with E-state index < -0.39 is 15.7 Å². The molecule has 2 rings (SSSR count). The molecule has 1 saturated heterocycles. The van der Waals surface area contributed by atoms with Crippen molar-refractivity contribution >= 4 is 21.6 Å². The highest BCUT2D eigenvalue weighted by atomic mass is 35.5. The van der Waals surface area contributed by atoms with Gasteiger partial charge in [-0.2, -0.15) is 4.31 Å². The van der Waals surface area contributed by atoms with Crippen LogP contribution in [0.4, 0.5) is 4.39 Å². The largest absolute Gasteiger partial charge is 0.328 e. The Labute approximate surface area is 125 Å². The number of nitrogens with zero attached hydrogens (tertiary/aromatic N) is 1. The third kappa shape index (κ3) is 2.98. The fourth-order valence-electron chi connectivity index (χ4n) is 2.19. The highest BCUT2D eigenvalue weighted by molar-refractivity contribution is 7.89. The second kappa shape index (κ2) is 5.60. The molecule has 1 aromatic carbocycles. The van der Waals surface area contributed by atoms with Crippen LogP contribution in [-0.4, -0.2) is 38.0 Å². The monoisotopic (exact) mass is 322 g/mol. The molecule has 1 aliphatic rings. The molecule has 0 atom stereocenters.